The third kappa shape index (κ3) is 3.03. The summed E-state index contributed by atoms with van der Waals surface area (Å²) in [4.78, 5) is 11.7. The van der Waals surface area contributed by atoms with E-state index in [0.29, 0.717) is 5.75 Å². The number of hydrogen-bond acceptors (Lipinski definition) is 2. The first-order valence-corrected chi connectivity index (χ1v) is 11.3. The molecule has 1 aliphatic rings. The molecule has 72 valence electrons. The summed E-state index contributed by atoms with van der Waals surface area (Å²) in [5, 5.41) is 0. The molecule has 0 aromatic heterocycles. The van der Waals surface area contributed by atoms with Crippen molar-refractivity contribution < 1.29 is 34.1 Å². The average Bonchev–Trinajstić information content (AvgIpc) is 2.31. The maximum atomic E-state index is 11.7. The van der Waals surface area contributed by atoms with Gasteiger partial charge in [0.1, 0.15) is 0 Å². The SMILES string of the molecule is O=C(Oc1ccccc1)[CH]1C=CC=[CH][Hg]1. The fraction of sp³-hybridized carbons (Fsp3) is 0.0833. The Kier molecular flexibility index (Phi) is 3.72. The zero-order chi connectivity index (χ0) is 10.5. The van der Waals surface area contributed by atoms with Crippen molar-refractivity contribution in [1.29, 1.82) is 0 Å². The maximum absolute atomic E-state index is 11.7. The number of carbonyl (C=O) groups excluding carboxylic acids is 1. The summed E-state index contributed by atoms with van der Waals surface area (Å²) in [6, 6.07) is 9.24. The number of para-hydroxylation sites is 1. The fourth-order valence-corrected chi connectivity index (χ4v) is 6.09. The van der Waals surface area contributed by atoms with Gasteiger partial charge in [-0.2, -0.15) is 0 Å². The van der Waals surface area contributed by atoms with Crippen LogP contribution >= 0.6 is 0 Å². The van der Waals surface area contributed by atoms with Crippen molar-refractivity contribution in [3.05, 3.63) is 52.1 Å². The van der Waals surface area contributed by atoms with E-state index in [-0.39, 0.29) is 9.40 Å². The summed E-state index contributed by atoms with van der Waals surface area (Å²) in [5.41, 5.74) is 0. The molecule has 2 nitrogen and oxygen atoms in total. The van der Waals surface area contributed by atoms with Crippen LogP contribution in [0.5, 0.6) is 5.75 Å². The molecule has 0 bridgehead atoms. The number of hydrogen-bond donors (Lipinski definition) is 0. The van der Waals surface area contributed by atoms with Gasteiger partial charge in [0.05, 0.1) is 0 Å². The summed E-state index contributed by atoms with van der Waals surface area (Å²) in [6.45, 7) is 0. The van der Waals surface area contributed by atoms with E-state index >= 15 is 0 Å². The van der Waals surface area contributed by atoms with Crippen molar-refractivity contribution in [3.8, 4) is 5.75 Å². The van der Waals surface area contributed by atoms with E-state index in [1.165, 1.54) is 0 Å². The molecule has 3 heteroatoms. The van der Waals surface area contributed by atoms with Crippen LogP contribution in [-0.2, 0) is 29.4 Å². The predicted molar refractivity (Wildman–Crippen MR) is 54.1 cm³/mol. The molecular weight excluding hydrogens is 377 g/mol. The number of benzene rings is 1. The van der Waals surface area contributed by atoms with Crippen LogP contribution in [0.15, 0.2) is 52.1 Å². The molecule has 1 aliphatic heterocycles. The first-order chi connectivity index (χ1) is 7.36. The van der Waals surface area contributed by atoms with Crippen molar-refractivity contribution in [1.82, 2.24) is 0 Å². The molecule has 0 spiro atoms. The van der Waals surface area contributed by atoms with E-state index in [1.807, 2.05) is 36.4 Å². The van der Waals surface area contributed by atoms with Crippen molar-refractivity contribution in [2.24, 2.45) is 0 Å². The van der Waals surface area contributed by atoms with Crippen LogP contribution in [0.3, 0.4) is 0 Å². The number of rotatable bonds is 2. The second kappa shape index (κ2) is 5.26. The van der Waals surface area contributed by atoms with Gasteiger partial charge in [-0.3, -0.25) is 0 Å². The number of esters is 1. The minimum atomic E-state index is -1.21. The van der Waals surface area contributed by atoms with Crippen LogP contribution < -0.4 is 4.74 Å². The molecule has 0 fully saturated rings. The van der Waals surface area contributed by atoms with Gasteiger partial charge in [-0.25, -0.2) is 0 Å². The van der Waals surface area contributed by atoms with E-state index in [4.69, 9.17) is 4.74 Å². The normalized spacial score (nSPS) is 17.7. The van der Waals surface area contributed by atoms with Crippen LogP contribution in [0.1, 0.15) is 0 Å². The van der Waals surface area contributed by atoms with Gasteiger partial charge in [-0.05, 0) is 0 Å². The predicted octanol–water partition coefficient (Wildman–Crippen LogP) is 2.55. The van der Waals surface area contributed by atoms with Crippen molar-refractivity contribution >= 4 is 5.97 Å². The van der Waals surface area contributed by atoms with Gasteiger partial charge in [0.25, 0.3) is 0 Å². The van der Waals surface area contributed by atoms with Gasteiger partial charge in [-0.15, -0.1) is 0 Å². The van der Waals surface area contributed by atoms with Crippen molar-refractivity contribution in [2.75, 3.05) is 0 Å². The van der Waals surface area contributed by atoms with Crippen LogP contribution in [0.2, 0.25) is 3.43 Å². The molecule has 1 aromatic rings. The van der Waals surface area contributed by atoms with Crippen LogP contribution in [-0.4, -0.2) is 5.97 Å². The van der Waals surface area contributed by atoms with Crippen LogP contribution in [0, 0.1) is 0 Å². The average molecular weight is 387 g/mol. The summed E-state index contributed by atoms with van der Waals surface area (Å²) in [6.07, 6.45) is 5.93. The topological polar surface area (TPSA) is 26.3 Å². The molecule has 2 rings (SSSR count). The van der Waals surface area contributed by atoms with Gasteiger partial charge >= 0.3 is 101 Å². The van der Waals surface area contributed by atoms with E-state index in [1.54, 1.807) is 12.1 Å². The molecule has 0 amide bonds. The second-order valence-electron chi connectivity index (χ2n) is 3.39. The Morgan fingerprint density at radius 3 is 2.67 bits per heavy atom. The second-order valence-corrected chi connectivity index (χ2v) is 10.5. The summed E-state index contributed by atoms with van der Waals surface area (Å²) >= 11 is -1.21. The zero-order valence-electron chi connectivity index (χ0n) is 8.30. The molecule has 1 unspecified atom stereocenters. The molecule has 0 N–H and O–H groups in total. The third-order valence-corrected chi connectivity index (χ3v) is 8.69. The fourth-order valence-electron chi connectivity index (χ4n) is 1.44. The summed E-state index contributed by atoms with van der Waals surface area (Å²) in [7, 11) is 0. The molecule has 1 aromatic carbocycles. The number of allylic oxidation sites excluding steroid dienone is 2. The number of ether oxygens (including phenoxy) is 1. The Morgan fingerprint density at radius 1 is 1.20 bits per heavy atom. The van der Waals surface area contributed by atoms with Gasteiger partial charge in [0, 0.05) is 0 Å². The molecule has 0 radical (unpaired) electrons. The minimum absolute atomic E-state index is 0.0789. The van der Waals surface area contributed by atoms with E-state index < -0.39 is 24.6 Å². The van der Waals surface area contributed by atoms with Gasteiger partial charge in [0.15, 0.2) is 0 Å². The van der Waals surface area contributed by atoms with Gasteiger partial charge in [0.2, 0.25) is 0 Å². The quantitative estimate of drug-likeness (QED) is 0.443. The molecule has 1 heterocycles. The van der Waals surface area contributed by atoms with E-state index in [9.17, 15) is 4.79 Å². The van der Waals surface area contributed by atoms with Crippen molar-refractivity contribution in [3.63, 3.8) is 0 Å². The first kappa shape index (κ1) is 10.6. The standard InChI is InChI=1S/C12H10O2.Hg/c1-2-3-5-10-12(13)14-11-8-6-4-7-9-11;/h1-10H;. The molecule has 0 aliphatic carbocycles. The Morgan fingerprint density at radius 2 is 2.00 bits per heavy atom. The van der Waals surface area contributed by atoms with E-state index in [0.717, 1.165) is 0 Å². The first-order valence-electron chi connectivity index (χ1n) is 4.96. The molecule has 15 heavy (non-hydrogen) atoms. The summed E-state index contributed by atoms with van der Waals surface area (Å²) in [5.74, 6) is 0.544. The Balaban J connectivity index is 1.98. The Labute approximate surface area is 101 Å². The molecule has 1 atom stereocenters. The Bertz CT molecular complexity index is 395. The zero-order valence-corrected chi connectivity index (χ0v) is 13.8. The monoisotopic (exact) mass is 388 g/mol. The number of carbonyl (C=O) groups is 1. The van der Waals surface area contributed by atoms with Crippen molar-refractivity contribution in [2.45, 2.75) is 3.43 Å². The van der Waals surface area contributed by atoms with E-state index in [2.05, 4.69) is 3.58 Å². The van der Waals surface area contributed by atoms with Gasteiger partial charge < -0.3 is 0 Å². The third-order valence-electron chi connectivity index (χ3n) is 2.25. The Hall–Kier alpha value is -0.895. The van der Waals surface area contributed by atoms with Crippen LogP contribution in [0.25, 0.3) is 0 Å². The molecule has 0 saturated carbocycles. The molecular formula is C12H10HgO2. The summed E-state index contributed by atoms with van der Waals surface area (Å²) < 4.78 is 7.56. The molecule has 0 saturated heterocycles. The van der Waals surface area contributed by atoms with Gasteiger partial charge in [-0.1, -0.05) is 0 Å². The van der Waals surface area contributed by atoms with Crippen LogP contribution in [0.4, 0.5) is 0 Å².